The van der Waals surface area contributed by atoms with E-state index in [4.69, 9.17) is 0 Å². The highest BCUT2D eigenvalue weighted by molar-refractivity contribution is 6.50. The fourth-order valence-electron chi connectivity index (χ4n) is 2.76. The van der Waals surface area contributed by atoms with Crippen LogP contribution in [0.5, 0.6) is 0 Å². The van der Waals surface area contributed by atoms with E-state index in [-0.39, 0.29) is 0 Å². The Morgan fingerprint density at radius 2 is 1.72 bits per heavy atom. The highest BCUT2D eigenvalue weighted by Gasteiger charge is 2.20. The quantitative estimate of drug-likeness (QED) is 0.403. The minimum Gasteiger partial charge on any atom is -0.418 e. The molecule has 140 valence electrons. The van der Waals surface area contributed by atoms with Gasteiger partial charge in [-0.3, -0.25) is 0 Å². The van der Waals surface area contributed by atoms with E-state index in [1.165, 1.54) is 43.4 Å². The van der Waals surface area contributed by atoms with Crippen LogP contribution in [0.1, 0.15) is 45.1 Å². The molecule has 0 fully saturated rings. The van der Waals surface area contributed by atoms with E-state index < -0.39 is 7.25 Å². The second-order valence-electron chi connectivity index (χ2n) is 6.21. The average Bonchev–Trinajstić information content (AvgIpc) is 2.58. The van der Waals surface area contributed by atoms with Crippen molar-refractivity contribution in [1.29, 1.82) is 0 Å². The molecule has 1 aliphatic rings. The van der Waals surface area contributed by atoms with Gasteiger partial charge < -0.3 is 22.2 Å². The topological polar surface area (TPSA) is 3.24 Å². The average molecular weight is 356 g/mol. The van der Waals surface area contributed by atoms with Crippen LogP contribution in [-0.2, 0) is 0 Å². The van der Waals surface area contributed by atoms with Crippen molar-refractivity contribution in [1.82, 2.24) is 4.90 Å². The molecule has 1 aliphatic heterocycles. The summed E-state index contributed by atoms with van der Waals surface area (Å²) in [4.78, 5) is 2.45. The highest BCUT2D eigenvalue weighted by Crippen LogP contribution is 2.21. The molecule has 1 unspecified atom stereocenters. The normalized spacial score (nSPS) is 15.3. The summed E-state index contributed by atoms with van der Waals surface area (Å²) < 4.78 is 39.0. The van der Waals surface area contributed by atoms with Gasteiger partial charge in [-0.05, 0) is 35.8 Å². The van der Waals surface area contributed by atoms with Crippen LogP contribution in [0.2, 0.25) is 0 Å². The lowest BCUT2D eigenvalue weighted by Crippen LogP contribution is -2.26. The first-order valence-corrected chi connectivity index (χ1v) is 8.88. The van der Waals surface area contributed by atoms with Gasteiger partial charge in [-0.15, -0.1) is 0 Å². The lowest BCUT2D eigenvalue weighted by molar-refractivity contribution is 0.305. The van der Waals surface area contributed by atoms with Crippen molar-refractivity contribution in [2.24, 2.45) is 5.92 Å². The Labute approximate surface area is 148 Å². The number of rotatable bonds is 7. The molecule has 1 aromatic rings. The van der Waals surface area contributed by atoms with Crippen LogP contribution in [0, 0.1) is 5.92 Å². The molecule has 0 aromatic heterocycles. The zero-order valence-corrected chi connectivity index (χ0v) is 15.0. The number of benzene rings is 1. The van der Waals surface area contributed by atoms with Gasteiger partial charge >= 0.3 is 7.25 Å². The second kappa shape index (κ2) is 11.0. The summed E-state index contributed by atoms with van der Waals surface area (Å²) in [5.74, 6) is 0.839. The van der Waals surface area contributed by atoms with Gasteiger partial charge in [-0.25, -0.2) is 0 Å². The molecule has 0 aliphatic carbocycles. The summed E-state index contributed by atoms with van der Waals surface area (Å²) in [6, 6.07) is 10.6. The summed E-state index contributed by atoms with van der Waals surface area (Å²) in [7, 11) is -6.00. The smallest absolute Gasteiger partial charge is 0.418 e. The fraction of sp³-hybridized carbons (Fsp3) is 0.474. The Kier molecular flexibility index (Phi) is 9.39. The van der Waals surface area contributed by atoms with Gasteiger partial charge in [-0.2, -0.15) is 0 Å². The van der Waals surface area contributed by atoms with E-state index in [0.29, 0.717) is 0 Å². The molecule has 2 rings (SSSR count). The van der Waals surface area contributed by atoms with Crippen molar-refractivity contribution in [2.75, 3.05) is 13.1 Å². The third-order valence-corrected chi connectivity index (χ3v) is 4.15. The summed E-state index contributed by atoms with van der Waals surface area (Å²) >= 11 is 0. The molecular weight excluding hydrogens is 329 g/mol. The third kappa shape index (κ3) is 10.00. The lowest BCUT2D eigenvalue weighted by Gasteiger charge is -2.27. The molecule has 1 nitrogen and oxygen atoms in total. The van der Waals surface area contributed by atoms with Crippen LogP contribution < -0.4 is 0 Å². The monoisotopic (exact) mass is 356 g/mol. The van der Waals surface area contributed by atoms with Crippen LogP contribution in [0.3, 0.4) is 0 Å². The predicted molar refractivity (Wildman–Crippen MR) is 98.6 cm³/mol. The number of hydrogen-bond donors (Lipinski definition) is 0. The minimum atomic E-state index is -6.00. The van der Waals surface area contributed by atoms with Gasteiger partial charge in [0.15, 0.2) is 0 Å². The molecule has 0 radical (unpaired) electrons. The fourth-order valence-corrected chi connectivity index (χ4v) is 2.76. The number of allylic oxidation sites excluding steroid dienone is 2. The van der Waals surface area contributed by atoms with E-state index in [2.05, 4.69) is 67.4 Å². The molecule has 1 aromatic carbocycles. The standard InChI is InChI=1S/C19H27N.BF4/c1-3-5-9-17(4-2)16-20-14-12-19(13-15-20)18-10-7-6-8-11-18;2-1(3,4)5/h6-8,10-14,17H,3-5,9,15-16H2,1-2H3;/q;-1. The summed E-state index contributed by atoms with van der Waals surface area (Å²) in [5, 5.41) is 0. The molecule has 1 heterocycles. The van der Waals surface area contributed by atoms with E-state index in [9.17, 15) is 17.3 Å². The van der Waals surface area contributed by atoms with E-state index in [1.807, 2.05) is 0 Å². The van der Waals surface area contributed by atoms with Crippen molar-refractivity contribution in [3.63, 3.8) is 0 Å². The maximum absolute atomic E-state index is 9.75. The van der Waals surface area contributed by atoms with Crippen LogP contribution in [-0.4, -0.2) is 25.2 Å². The van der Waals surface area contributed by atoms with Crippen LogP contribution in [0.25, 0.3) is 5.57 Å². The van der Waals surface area contributed by atoms with Gasteiger partial charge in [0.05, 0.1) is 0 Å². The number of halogens is 4. The molecule has 0 bridgehead atoms. The third-order valence-electron chi connectivity index (χ3n) is 4.15. The first-order valence-electron chi connectivity index (χ1n) is 8.88. The summed E-state index contributed by atoms with van der Waals surface area (Å²) in [6.07, 6.45) is 12.2. The molecule has 0 saturated carbocycles. The van der Waals surface area contributed by atoms with Gasteiger partial charge in [0, 0.05) is 13.1 Å². The van der Waals surface area contributed by atoms with E-state index in [0.717, 1.165) is 12.5 Å². The number of unbranched alkanes of at least 4 members (excludes halogenated alkanes) is 1. The van der Waals surface area contributed by atoms with Gasteiger partial charge in [0.25, 0.3) is 0 Å². The predicted octanol–water partition coefficient (Wildman–Crippen LogP) is 6.42. The van der Waals surface area contributed by atoms with Crippen molar-refractivity contribution in [2.45, 2.75) is 39.5 Å². The first kappa shape index (κ1) is 21.3. The first-order chi connectivity index (χ1) is 11.8. The van der Waals surface area contributed by atoms with Gasteiger partial charge in [0.1, 0.15) is 0 Å². The molecule has 0 N–H and O–H groups in total. The Hall–Kier alpha value is -1.72. The van der Waals surface area contributed by atoms with Crippen molar-refractivity contribution < 1.29 is 17.3 Å². The molecule has 25 heavy (non-hydrogen) atoms. The van der Waals surface area contributed by atoms with Crippen molar-refractivity contribution >= 4 is 12.8 Å². The molecule has 0 amide bonds. The zero-order valence-electron chi connectivity index (χ0n) is 15.0. The highest BCUT2D eigenvalue weighted by atomic mass is 19.5. The van der Waals surface area contributed by atoms with Crippen LogP contribution >= 0.6 is 0 Å². The largest absolute Gasteiger partial charge is 0.673 e. The molecular formula is C19H27BF4N-. The molecule has 0 saturated heterocycles. The Balaban J connectivity index is 0.000000550. The maximum Gasteiger partial charge on any atom is 0.673 e. The van der Waals surface area contributed by atoms with Crippen LogP contribution in [0.4, 0.5) is 17.3 Å². The Bertz CT molecular complexity index is 534. The molecule has 6 heteroatoms. The number of hydrogen-bond acceptors (Lipinski definition) is 1. The Morgan fingerprint density at radius 3 is 2.20 bits per heavy atom. The van der Waals surface area contributed by atoms with E-state index >= 15 is 0 Å². The maximum atomic E-state index is 9.75. The Morgan fingerprint density at radius 1 is 1.08 bits per heavy atom. The van der Waals surface area contributed by atoms with Crippen molar-refractivity contribution in [3.8, 4) is 0 Å². The number of nitrogens with zero attached hydrogens (tertiary/aromatic N) is 1. The van der Waals surface area contributed by atoms with Crippen LogP contribution in [0.15, 0.2) is 48.7 Å². The lowest BCUT2D eigenvalue weighted by atomic mass is 9.98. The van der Waals surface area contributed by atoms with Crippen molar-refractivity contribution in [3.05, 3.63) is 54.2 Å². The SMILES string of the molecule is CCCCC(CC)CN1C=CC(c2ccccc2)=CC1.F[B-](F)(F)F. The zero-order chi connectivity index (χ0) is 18.7. The molecule has 0 spiro atoms. The van der Waals surface area contributed by atoms with Gasteiger partial charge in [0.2, 0.25) is 0 Å². The summed E-state index contributed by atoms with van der Waals surface area (Å²) in [6.45, 7) is 6.84. The van der Waals surface area contributed by atoms with E-state index in [1.54, 1.807) is 0 Å². The van der Waals surface area contributed by atoms with Gasteiger partial charge in [-0.1, -0.05) is 69.5 Å². The summed E-state index contributed by atoms with van der Waals surface area (Å²) in [5.41, 5.74) is 2.67. The second-order valence-corrected chi connectivity index (χ2v) is 6.21. The minimum absolute atomic E-state index is 0.839. The molecule has 1 atom stereocenters.